The highest BCUT2D eigenvalue weighted by Gasteiger charge is 2.33. The van der Waals surface area contributed by atoms with Crippen molar-refractivity contribution < 1.29 is 14.6 Å². The summed E-state index contributed by atoms with van der Waals surface area (Å²) in [5.74, 6) is 0. The van der Waals surface area contributed by atoms with Gasteiger partial charge in [0.2, 0.25) is 0 Å². The first-order valence-electron chi connectivity index (χ1n) is 5.36. The number of cyclic esters (lactones) is 1. The summed E-state index contributed by atoms with van der Waals surface area (Å²) < 4.78 is 4.99. The predicted molar refractivity (Wildman–Crippen MR) is 60.5 cm³/mol. The second kappa shape index (κ2) is 4.53. The van der Waals surface area contributed by atoms with Crippen LogP contribution in [0.15, 0.2) is 24.3 Å². The first-order valence-corrected chi connectivity index (χ1v) is 5.36. The van der Waals surface area contributed by atoms with Gasteiger partial charge in [-0.2, -0.15) is 0 Å². The van der Waals surface area contributed by atoms with E-state index in [2.05, 4.69) is 0 Å². The van der Waals surface area contributed by atoms with Gasteiger partial charge >= 0.3 is 6.09 Å². The monoisotopic (exact) mass is 221 g/mol. The lowest BCUT2D eigenvalue weighted by atomic mass is 10.1. The Labute approximate surface area is 94.4 Å². The molecule has 1 saturated heterocycles. The number of nitrogens with zero attached hydrogens (tertiary/aromatic N) is 1. The number of benzene rings is 1. The maximum absolute atomic E-state index is 11.6. The third-order valence-electron chi connectivity index (χ3n) is 2.74. The van der Waals surface area contributed by atoms with Crippen LogP contribution in [0.3, 0.4) is 0 Å². The highest BCUT2D eigenvalue weighted by Crippen LogP contribution is 2.24. The molecule has 2 rings (SSSR count). The van der Waals surface area contributed by atoms with Crippen molar-refractivity contribution in [3.63, 3.8) is 0 Å². The Morgan fingerprint density at radius 2 is 2.12 bits per heavy atom. The van der Waals surface area contributed by atoms with Crippen molar-refractivity contribution >= 4 is 11.8 Å². The van der Waals surface area contributed by atoms with Crippen LogP contribution >= 0.6 is 0 Å². The molecule has 4 heteroatoms. The highest BCUT2D eigenvalue weighted by molar-refractivity contribution is 5.90. The molecule has 0 aliphatic carbocycles. The number of aryl methyl sites for hydroxylation is 1. The number of ether oxygens (including phenoxy) is 1. The molecule has 1 aromatic carbocycles. The Balaban J connectivity index is 2.22. The van der Waals surface area contributed by atoms with Crippen LogP contribution < -0.4 is 4.90 Å². The Kier molecular flexibility index (Phi) is 3.10. The Bertz CT molecular complexity index is 374. The van der Waals surface area contributed by atoms with E-state index in [0.29, 0.717) is 13.0 Å². The number of hydrogen-bond donors (Lipinski definition) is 1. The van der Waals surface area contributed by atoms with Crippen LogP contribution in [0, 0.1) is 6.92 Å². The maximum atomic E-state index is 11.6. The lowest BCUT2D eigenvalue weighted by Crippen LogP contribution is -2.34. The molecule has 0 bridgehead atoms. The number of anilines is 1. The summed E-state index contributed by atoms with van der Waals surface area (Å²) in [4.78, 5) is 13.2. The number of hydrogen-bond acceptors (Lipinski definition) is 3. The van der Waals surface area contributed by atoms with E-state index >= 15 is 0 Å². The van der Waals surface area contributed by atoms with Crippen molar-refractivity contribution in [1.82, 2.24) is 0 Å². The number of carbonyl (C=O) groups is 1. The maximum Gasteiger partial charge on any atom is 0.414 e. The van der Waals surface area contributed by atoms with E-state index in [0.717, 1.165) is 11.3 Å². The van der Waals surface area contributed by atoms with E-state index in [9.17, 15) is 4.79 Å². The van der Waals surface area contributed by atoms with Crippen molar-refractivity contribution in [1.29, 1.82) is 0 Å². The average molecular weight is 221 g/mol. The molecule has 1 fully saturated rings. The van der Waals surface area contributed by atoms with E-state index in [1.165, 1.54) is 0 Å². The summed E-state index contributed by atoms with van der Waals surface area (Å²) in [5.41, 5.74) is 1.97. The Morgan fingerprint density at radius 1 is 1.44 bits per heavy atom. The topological polar surface area (TPSA) is 49.8 Å². The van der Waals surface area contributed by atoms with E-state index in [-0.39, 0.29) is 18.7 Å². The molecular weight excluding hydrogens is 206 g/mol. The Hall–Kier alpha value is -1.55. The number of carbonyl (C=O) groups excluding carboxylic acids is 1. The van der Waals surface area contributed by atoms with Crippen molar-refractivity contribution in [2.24, 2.45) is 0 Å². The normalized spacial score (nSPS) is 20.0. The van der Waals surface area contributed by atoms with Crippen molar-refractivity contribution in [2.75, 3.05) is 18.1 Å². The van der Waals surface area contributed by atoms with Gasteiger partial charge in [-0.15, -0.1) is 0 Å². The molecule has 0 aromatic heterocycles. The van der Waals surface area contributed by atoms with Crippen LogP contribution in [0.5, 0.6) is 0 Å². The highest BCUT2D eigenvalue weighted by atomic mass is 16.6. The van der Waals surface area contributed by atoms with Crippen molar-refractivity contribution in [3.8, 4) is 0 Å². The molecule has 4 nitrogen and oxygen atoms in total. The van der Waals surface area contributed by atoms with Gasteiger partial charge in [-0.25, -0.2) is 4.79 Å². The van der Waals surface area contributed by atoms with Crippen LogP contribution in [0.4, 0.5) is 10.5 Å². The van der Waals surface area contributed by atoms with Gasteiger partial charge in [-0.1, -0.05) is 17.7 Å². The number of aliphatic hydroxyl groups is 1. The molecular formula is C12H15NO3. The van der Waals surface area contributed by atoms with Crippen LogP contribution in [-0.4, -0.2) is 30.5 Å². The minimum absolute atomic E-state index is 0.0554. The molecule has 0 saturated carbocycles. The zero-order valence-electron chi connectivity index (χ0n) is 9.22. The molecule has 0 spiro atoms. The van der Waals surface area contributed by atoms with Gasteiger partial charge in [0.15, 0.2) is 0 Å². The van der Waals surface area contributed by atoms with Crippen LogP contribution in [0.2, 0.25) is 0 Å². The minimum atomic E-state index is -0.331. The van der Waals surface area contributed by atoms with Crippen molar-refractivity contribution in [3.05, 3.63) is 29.8 Å². The standard InChI is InChI=1S/C12H15NO3/c1-9-2-4-10(5-3-9)13-11(6-7-14)8-16-12(13)15/h2-5,11,14H,6-8H2,1H3. The third-order valence-corrected chi connectivity index (χ3v) is 2.74. The van der Waals surface area contributed by atoms with Crippen LogP contribution in [0.25, 0.3) is 0 Å². The van der Waals surface area contributed by atoms with E-state index in [1.54, 1.807) is 4.90 Å². The fourth-order valence-electron chi connectivity index (χ4n) is 1.84. The van der Waals surface area contributed by atoms with Gasteiger partial charge in [0, 0.05) is 12.3 Å². The fraction of sp³-hybridized carbons (Fsp3) is 0.417. The summed E-state index contributed by atoms with van der Waals surface area (Å²) in [5, 5.41) is 8.93. The molecule has 16 heavy (non-hydrogen) atoms. The third kappa shape index (κ3) is 2.02. The zero-order chi connectivity index (χ0) is 11.5. The largest absolute Gasteiger partial charge is 0.447 e. The molecule has 1 unspecified atom stereocenters. The molecule has 1 aliphatic heterocycles. The molecule has 1 atom stereocenters. The van der Waals surface area contributed by atoms with Gasteiger partial charge < -0.3 is 9.84 Å². The Morgan fingerprint density at radius 3 is 2.75 bits per heavy atom. The molecule has 86 valence electrons. The summed E-state index contributed by atoms with van der Waals surface area (Å²) in [6, 6.07) is 7.65. The molecule has 1 amide bonds. The first kappa shape index (κ1) is 11.0. The molecule has 1 N–H and O–H groups in total. The van der Waals surface area contributed by atoms with Crippen LogP contribution in [-0.2, 0) is 4.74 Å². The summed E-state index contributed by atoms with van der Waals surface area (Å²) in [7, 11) is 0. The van der Waals surface area contributed by atoms with Gasteiger partial charge in [0.1, 0.15) is 6.61 Å². The molecule has 1 aliphatic rings. The van der Waals surface area contributed by atoms with Gasteiger partial charge in [-0.3, -0.25) is 4.90 Å². The average Bonchev–Trinajstić information content (AvgIpc) is 2.62. The summed E-state index contributed by atoms with van der Waals surface area (Å²) >= 11 is 0. The van der Waals surface area contributed by atoms with E-state index in [4.69, 9.17) is 9.84 Å². The molecule has 0 radical (unpaired) electrons. The minimum Gasteiger partial charge on any atom is -0.447 e. The predicted octanol–water partition coefficient (Wildman–Crippen LogP) is 1.70. The number of rotatable bonds is 3. The van der Waals surface area contributed by atoms with Gasteiger partial charge in [0.05, 0.1) is 6.04 Å². The second-order valence-corrected chi connectivity index (χ2v) is 3.95. The quantitative estimate of drug-likeness (QED) is 0.845. The fourth-order valence-corrected chi connectivity index (χ4v) is 1.84. The smallest absolute Gasteiger partial charge is 0.414 e. The zero-order valence-corrected chi connectivity index (χ0v) is 9.22. The van der Waals surface area contributed by atoms with E-state index in [1.807, 2.05) is 31.2 Å². The number of amides is 1. The molecule has 1 heterocycles. The van der Waals surface area contributed by atoms with Crippen molar-refractivity contribution in [2.45, 2.75) is 19.4 Å². The van der Waals surface area contributed by atoms with E-state index < -0.39 is 0 Å². The SMILES string of the molecule is Cc1ccc(N2C(=O)OCC2CCO)cc1. The van der Waals surface area contributed by atoms with Gasteiger partial charge in [-0.05, 0) is 25.5 Å². The summed E-state index contributed by atoms with van der Waals surface area (Å²) in [6.45, 7) is 2.41. The van der Waals surface area contributed by atoms with Crippen LogP contribution in [0.1, 0.15) is 12.0 Å². The lowest BCUT2D eigenvalue weighted by molar-refractivity contribution is 0.176. The summed E-state index contributed by atoms with van der Waals surface area (Å²) in [6.07, 6.45) is 0.210. The number of aliphatic hydroxyl groups excluding tert-OH is 1. The van der Waals surface area contributed by atoms with Gasteiger partial charge in [0.25, 0.3) is 0 Å². The first-order chi connectivity index (χ1) is 7.72. The second-order valence-electron chi connectivity index (χ2n) is 3.95. The lowest BCUT2D eigenvalue weighted by Gasteiger charge is -2.20. The molecule has 1 aromatic rings.